The van der Waals surface area contributed by atoms with E-state index in [1.807, 2.05) is 12.1 Å². The summed E-state index contributed by atoms with van der Waals surface area (Å²) in [5.41, 5.74) is 8.80. The number of ether oxygens (including phenoxy) is 1. The molecule has 4 heteroatoms. The van der Waals surface area contributed by atoms with Crippen molar-refractivity contribution in [2.24, 2.45) is 5.73 Å². The van der Waals surface area contributed by atoms with Crippen molar-refractivity contribution in [3.8, 4) is 5.75 Å². The van der Waals surface area contributed by atoms with Crippen LogP contribution in [0.3, 0.4) is 0 Å². The number of rotatable bonds is 6. The van der Waals surface area contributed by atoms with Crippen LogP contribution in [0, 0.1) is 0 Å². The summed E-state index contributed by atoms with van der Waals surface area (Å²) >= 11 is 0. The summed E-state index contributed by atoms with van der Waals surface area (Å²) in [7, 11) is 1.68. The summed E-state index contributed by atoms with van der Waals surface area (Å²) in [4.78, 5) is 10.9. The van der Waals surface area contributed by atoms with Crippen molar-refractivity contribution in [2.45, 2.75) is 52.0 Å². The number of hydrogen-bond donors (Lipinski definition) is 2. The second kappa shape index (κ2) is 6.75. The lowest BCUT2D eigenvalue weighted by molar-refractivity contribution is -0.138. The fourth-order valence-electron chi connectivity index (χ4n) is 2.29. The Hall–Kier alpha value is -1.55. The molecule has 0 radical (unpaired) electrons. The van der Waals surface area contributed by atoms with Gasteiger partial charge in [-0.2, -0.15) is 0 Å². The molecular formula is C16H25NO3. The third-order valence-corrected chi connectivity index (χ3v) is 3.43. The molecule has 1 unspecified atom stereocenters. The number of carbonyl (C=O) groups is 1. The van der Waals surface area contributed by atoms with E-state index in [0.29, 0.717) is 18.3 Å². The van der Waals surface area contributed by atoms with Crippen molar-refractivity contribution in [1.82, 2.24) is 0 Å². The fraction of sp³-hybridized carbons (Fsp3) is 0.562. The van der Waals surface area contributed by atoms with Crippen LogP contribution < -0.4 is 10.5 Å². The molecule has 0 fully saturated rings. The zero-order valence-electron chi connectivity index (χ0n) is 12.9. The molecule has 1 atom stereocenters. The van der Waals surface area contributed by atoms with Gasteiger partial charge in [0.15, 0.2) is 0 Å². The molecule has 3 N–H and O–H groups in total. The molecule has 0 spiro atoms. The predicted molar refractivity (Wildman–Crippen MR) is 80.5 cm³/mol. The van der Waals surface area contributed by atoms with E-state index in [4.69, 9.17) is 15.6 Å². The van der Waals surface area contributed by atoms with E-state index in [1.54, 1.807) is 7.11 Å². The van der Waals surface area contributed by atoms with Crippen molar-refractivity contribution in [1.29, 1.82) is 0 Å². The van der Waals surface area contributed by atoms with Crippen LogP contribution in [0.4, 0.5) is 0 Å². The minimum absolute atomic E-state index is 0.309. The van der Waals surface area contributed by atoms with Crippen LogP contribution in [0.5, 0.6) is 5.75 Å². The van der Waals surface area contributed by atoms with Gasteiger partial charge in [-0.25, -0.2) is 0 Å². The Morgan fingerprint density at radius 1 is 1.20 bits per heavy atom. The first-order valence-electron chi connectivity index (χ1n) is 6.97. The molecule has 4 nitrogen and oxygen atoms in total. The Labute approximate surface area is 120 Å². The zero-order chi connectivity index (χ0) is 15.4. The maximum absolute atomic E-state index is 10.9. The molecule has 20 heavy (non-hydrogen) atoms. The molecule has 0 saturated carbocycles. The number of aliphatic carboxylic acids is 1. The molecule has 0 aliphatic rings. The van der Waals surface area contributed by atoms with Crippen LogP contribution in [0.1, 0.15) is 56.2 Å². The largest absolute Gasteiger partial charge is 0.496 e. The van der Waals surface area contributed by atoms with Crippen molar-refractivity contribution in [3.63, 3.8) is 0 Å². The number of nitrogens with two attached hydrogens (primary N) is 1. The van der Waals surface area contributed by atoms with E-state index < -0.39 is 12.0 Å². The Balaban J connectivity index is 3.30. The molecule has 0 heterocycles. The van der Waals surface area contributed by atoms with Crippen LogP contribution >= 0.6 is 0 Å². The van der Waals surface area contributed by atoms with Gasteiger partial charge in [0.1, 0.15) is 11.8 Å². The maximum atomic E-state index is 10.9. The molecule has 0 saturated heterocycles. The first kappa shape index (κ1) is 16.5. The number of hydrogen-bond acceptors (Lipinski definition) is 3. The predicted octanol–water partition coefficient (Wildman–Crippen LogP) is 2.90. The third-order valence-electron chi connectivity index (χ3n) is 3.43. The summed E-state index contributed by atoms with van der Waals surface area (Å²) in [5, 5.41) is 8.95. The van der Waals surface area contributed by atoms with Crippen LogP contribution in [0.15, 0.2) is 12.1 Å². The molecular weight excluding hydrogens is 254 g/mol. The van der Waals surface area contributed by atoms with Crippen molar-refractivity contribution < 1.29 is 14.6 Å². The van der Waals surface area contributed by atoms with Gasteiger partial charge in [0.2, 0.25) is 0 Å². The number of carboxylic acids is 1. The first-order chi connectivity index (χ1) is 9.27. The highest BCUT2D eigenvalue weighted by atomic mass is 16.5. The van der Waals surface area contributed by atoms with Gasteiger partial charge < -0.3 is 15.6 Å². The summed E-state index contributed by atoms with van der Waals surface area (Å²) in [6, 6.07) is 3.15. The van der Waals surface area contributed by atoms with E-state index in [9.17, 15) is 4.79 Å². The number of benzene rings is 1. The third kappa shape index (κ3) is 3.73. The minimum Gasteiger partial charge on any atom is -0.496 e. The molecule has 0 bridgehead atoms. The Kier molecular flexibility index (Phi) is 5.57. The smallest absolute Gasteiger partial charge is 0.320 e. The molecule has 0 amide bonds. The highest BCUT2D eigenvalue weighted by Crippen LogP contribution is 2.35. The SMILES string of the molecule is COc1c(C(C)C)cc(CC(N)C(=O)O)cc1C(C)C. The van der Waals surface area contributed by atoms with E-state index in [-0.39, 0.29) is 0 Å². The maximum Gasteiger partial charge on any atom is 0.320 e. The lowest BCUT2D eigenvalue weighted by atomic mass is 9.90. The van der Waals surface area contributed by atoms with Gasteiger partial charge in [-0.3, -0.25) is 4.79 Å². The van der Waals surface area contributed by atoms with Crippen LogP contribution in [-0.2, 0) is 11.2 Å². The van der Waals surface area contributed by atoms with Crippen LogP contribution in [0.2, 0.25) is 0 Å². The van der Waals surface area contributed by atoms with Crippen molar-refractivity contribution in [2.75, 3.05) is 7.11 Å². The summed E-state index contributed by atoms with van der Waals surface area (Å²) < 4.78 is 5.56. The average Bonchev–Trinajstić information content (AvgIpc) is 2.37. The molecule has 0 aliphatic carbocycles. The zero-order valence-corrected chi connectivity index (χ0v) is 12.9. The second-order valence-corrected chi connectivity index (χ2v) is 5.77. The summed E-state index contributed by atoms with van der Waals surface area (Å²) in [6.07, 6.45) is 0.332. The van der Waals surface area contributed by atoms with Crippen LogP contribution in [-0.4, -0.2) is 24.2 Å². The summed E-state index contributed by atoms with van der Waals surface area (Å²) in [5.74, 6) is 0.549. The Morgan fingerprint density at radius 3 is 1.95 bits per heavy atom. The quantitative estimate of drug-likeness (QED) is 0.839. The Bertz CT molecular complexity index is 452. The fourth-order valence-corrected chi connectivity index (χ4v) is 2.29. The molecule has 112 valence electrons. The van der Waals surface area contributed by atoms with Crippen molar-refractivity contribution >= 4 is 5.97 Å². The molecule has 0 aromatic heterocycles. The monoisotopic (exact) mass is 279 g/mol. The normalized spacial score (nSPS) is 12.8. The van der Waals surface area contributed by atoms with E-state index >= 15 is 0 Å². The number of carboxylic acid groups (broad SMARTS) is 1. The van der Waals surface area contributed by atoms with Crippen molar-refractivity contribution in [3.05, 3.63) is 28.8 Å². The lowest BCUT2D eigenvalue weighted by Crippen LogP contribution is -2.32. The molecule has 1 aromatic rings. The highest BCUT2D eigenvalue weighted by Gasteiger charge is 2.19. The second-order valence-electron chi connectivity index (χ2n) is 5.77. The van der Waals surface area contributed by atoms with Gasteiger partial charge in [0.05, 0.1) is 7.11 Å². The Morgan fingerprint density at radius 2 is 1.65 bits per heavy atom. The highest BCUT2D eigenvalue weighted by molar-refractivity contribution is 5.73. The van der Waals surface area contributed by atoms with E-state index in [2.05, 4.69) is 27.7 Å². The topological polar surface area (TPSA) is 72.5 Å². The number of methoxy groups -OCH3 is 1. The van der Waals surface area contributed by atoms with E-state index in [1.165, 1.54) is 0 Å². The van der Waals surface area contributed by atoms with Gasteiger partial charge >= 0.3 is 5.97 Å². The molecule has 0 aliphatic heterocycles. The molecule has 1 rings (SSSR count). The summed E-state index contributed by atoms with van der Waals surface area (Å²) in [6.45, 7) is 8.40. The molecule has 1 aromatic carbocycles. The van der Waals surface area contributed by atoms with Crippen LogP contribution in [0.25, 0.3) is 0 Å². The standard InChI is InChI=1S/C16H25NO3/c1-9(2)12-6-11(8-14(17)16(18)19)7-13(10(3)4)15(12)20-5/h6-7,9-10,14H,8,17H2,1-5H3,(H,18,19). The van der Waals surface area contributed by atoms with Gasteiger partial charge in [0.25, 0.3) is 0 Å². The van der Waals surface area contributed by atoms with E-state index in [0.717, 1.165) is 22.4 Å². The van der Waals surface area contributed by atoms with Gasteiger partial charge in [-0.1, -0.05) is 39.8 Å². The average molecular weight is 279 g/mol. The first-order valence-corrected chi connectivity index (χ1v) is 6.97. The van der Waals surface area contributed by atoms with Gasteiger partial charge in [-0.15, -0.1) is 0 Å². The van der Waals surface area contributed by atoms with Gasteiger partial charge in [0, 0.05) is 0 Å². The van der Waals surface area contributed by atoms with Gasteiger partial charge in [-0.05, 0) is 34.9 Å². The lowest BCUT2D eigenvalue weighted by Gasteiger charge is -2.21. The minimum atomic E-state index is -0.974.